The van der Waals surface area contributed by atoms with Crippen molar-refractivity contribution < 1.29 is 9.84 Å². The van der Waals surface area contributed by atoms with Crippen molar-refractivity contribution in [1.29, 1.82) is 0 Å². The van der Waals surface area contributed by atoms with Gasteiger partial charge in [-0.15, -0.1) is 11.3 Å². The van der Waals surface area contributed by atoms with Gasteiger partial charge in [-0.1, -0.05) is 6.07 Å². The number of aryl methyl sites for hydroxylation is 1. The first-order valence-electron chi connectivity index (χ1n) is 6.25. The van der Waals surface area contributed by atoms with Gasteiger partial charge in [-0.2, -0.15) is 0 Å². The number of benzene rings is 1. The SMILES string of the molecule is COc1ccc(C(C)NCc2ccc(C)s2)c(O)c1. The Labute approximate surface area is 117 Å². The fourth-order valence-electron chi connectivity index (χ4n) is 1.96. The van der Waals surface area contributed by atoms with Crippen molar-refractivity contribution in [3.63, 3.8) is 0 Å². The van der Waals surface area contributed by atoms with Crippen LogP contribution < -0.4 is 10.1 Å². The van der Waals surface area contributed by atoms with Gasteiger partial charge in [0.05, 0.1) is 7.11 Å². The van der Waals surface area contributed by atoms with Crippen LogP contribution in [-0.4, -0.2) is 12.2 Å². The van der Waals surface area contributed by atoms with Gasteiger partial charge in [0.1, 0.15) is 11.5 Å². The molecule has 0 aliphatic carbocycles. The molecule has 1 atom stereocenters. The quantitative estimate of drug-likeness (QED) is 0.877. The molecule has 19 heavy (non-hydrogen) atoms. The van der Waals surface area contributed by atoms with E-state index >= 15 is 0 Å². The second-order valence-corrected chi connectivity index (χ2v) is 5.91. The van der Waals surface area contributed by atoms with Crippen molar-refractivity contribution in [2.45, 2.75) is 26.4 Å². The lowest BCUT2D eigenvalue weighted by atomic mass is 10.1. The second kappa shape index (κ2) is 6.08. The summed E-state index contributed by atoms with van der Waals surface area (Å²) in [5.41, 5.74) is 0.883. The highest BCUT2D eigenvalue weighted by Gasteiger charge is 2.11. The number of aromatic hydroxyl groups is 1. The Hall–Kier alpha value is -1.52. The average Bonchev–Trinajstić information content (AvgIpc) is 2.81. The van der Waals surface area contributed by atoms with Gasteiger partial charge in [-0.3, -0.25) is 0 Å². The number of phenols is 1. The maximum absolute atomic E-state index is 9.98. The molecule has 4 heteroatoms. The largest absolute Gasteiger partial charge is 0.507 e. The van der Waals surface area contributed by atoms with Gasteiger partial charge >= 0.3 is 0 Å². The van der Waals surface area contributed by atoms with E-state index in [2.05, 4.69) is 24.4 Å². The van der Waals surface area contributed by atoms with Gasteiger partial charge in [-0.05, 0) is 32.0 Å². The molecule has 2 aromatic rings. The van der Waals surface area contributed by atoms with Crippen molar-refractivity contribution in [3.05, 3.63) is 45.6 Å². The van der Waals surface area contributed by atoms with Crippen molar-refractivity contribution in [3.8, 4) is 11.5 Å². The Balaban J connectivity index is 2.01. The van der Waals surface area contributed by atoms with Crippen molar-refractivity contribution >= 4 is 11.3 Å². The molecule has 2 N–H and O–H groups in total. The van der Waals surface area contributed by atoms with E-state index < -0.39 is 0 Å². The summed E-state index contributed by atoms with van der Waals surface area (Å²) in [6, 6.07) is 9.75. The Morgan fingerprint density at radius 3 is 2.68 bits per heavy atom. The molecule has 1 unspecified atom stereocenters. The minimum atomic E-state index is 0.0910. The van der Waals surface area contributed by atoms with Crippen LogP contribution >= 0.6 is 11.3 Å². The molecular formula is C15H19NO2S. The number of rotatable bonds is 5. The highest BCUT2D eigenvalue weighted by atomic mass is 32.1. The summed E-state index contributed by atoms with van der Waals surface area (Å²) in [5, 5.41) is 13.4. The van der Waals surface area contributed by atoms with Crippen LogP contribution in [0.25, 0.3) is 0 Å². The summed E-state index contributed by atoms with van der Waals surface area (Å²) in [7, 11) is 1.59. The lowest BCUT2D eigenvalue weighted by Crippen LogP contribution is -2.17. The second-order valence-electron chi connectivity index (χ2n) is 4.54. The van der Waals surface area contributed by atoms with E-state index in [1.165, 1.54) is 9.75 Å². The van der Waals surface area contributed by atoms with Crippen LogP contribution in [0, 0.1) is 6.92 Å². The number of thiophene rings is 1. The van der Waals surface area contributed by atoms with Crippen LogP contribution in [0.3, 0.4) is 0 Å². The first-order valence-corrected chi connectivity index (χ1v) is 7.07. The van der Waals surface area contributed by atoms with E-state index in [1.54, 1.807) is 24.5 Å². The number of hydrogen-bond acceptors (Lipinski definition) is 4. The Morgan fingerprint density at radius 1 is 1.32 bits per heavy atom. The number of nitrogens with one attached hydrogen (secondary N) is 1. The van der Waals surface area contributed by atoms with E-state index in [4.69, 9.17) is 4.74 Å². The summed E-state index contributed by atoms with van der Waals surface area (Å²) in [6.45, 7) is 4.96. The fraction of sp³-hybridized carbons (Fsp3) is 0.333. The summed E-state index contributed by atoms with van der Waals surface area (Å²) >= 11 is 1.79. The molecule has 1 aromatic carbocycles. The predicted octanol–water partition coefficient (Wildman–Crippen LogP) is 3.62. The lowest BCUT2D eigenvalue weighted by molar-refractivity contribution is 0.404. The van der Waals surface area contributed by atoms with Crippen LogP contribution in [-0.2, 0) is 6.54 Å². The highest BCUT2D eigenvalue weighted by Crippen LogP contribution is 2.28. The van der Waals surface area contributed by atoms with Gasteiger partial charge in [0.2, 0.25) is 0 Å². The third kappa shape index (κ3) is 3.49. The molecule has 0 fully saturated rings. The molecule has 3 nitrogen and oxygen atoms in total. The number of hydrogen-bond donors (Lipinski definition) is 2. The van der Waals surface area contributed by atoms with E-state index in [9.17, 15) is 5.11 Å². The van der Waals surface area contributed by atoms with E-state index in [0.717, 1.165) is 12.1 Å². The van der Waals surface area contributed by atoms with Crippen LogP contribution in [0.1, 0.15) is 28.3 Å². The minimum Gasteiger partial charge on any atom is -0.507 e. The molecule has 102 valence electrons. The summed E-state index contributed by atoms with van der Waals surface area (Å²) < 4.78 is 5.08. The van der Waals surface area contributed by atoms with E-state index in [0.29, 0.717) is 5.75 Å². The first kappa shape index (κ1) is 13.9. The minimum absolute atomic E-state index is 0.0910. The van der Waals surface area contributed by atoms with Crippen LogP contribution in [0.5, 0.6) is 11.5 Å². The first-order chi connectivity index (χ1) is 9.10. The number of phenolic OH excluding ortho intramolecular Hbond substituents is 1. The normalized spacial score (nSPS) is 12.4. The predicted molar refractivity (Wildman–Crippen MR) is 79.0 cm³/mol. The molecule has 0 saturated carbocycles. The van der Waals surface area contributed by atoms with Crippen molar-refractivity contribution in [2.75, 3.05) is 7.11 Å². The van der Waals surface area contributed by atoms with Gasteiger partial charge in [0.25, 0.3) is 0 Å². The van der Waals surface area contributed by atoms with Gasteiger partial charge in [-0.25, -0.2) is 0 Å². The van der Waals surface area contributed by atoms with Gasteiger partial charge in [0.15, 0.2) is 0 Å². The van der Waals surface area contributed by atoms with Crippen LogP contribution in [0.4, 0.5) is 0 Å². The molecule has 0 spiro atoms. The van der Waals surface area contributed by atoms with E-state index in [1.807, 2.05) is 19.1 Å². The standard InChI is InChI=1S/C15H19NO2S/c1-10-4-6-13(19-10)9-16-11(2)14-7-5-12(18-3)8-15(14)17/h4-8,11,16-17H,9H2,1-3H3. The maximum Gasteiger partial charge on any atom is 0.124 e. The van der Waals surface area contributed by atoms with Crippen LogP contribution in [0.15, 0.2) is 30.3 Å². The molecule has 1 heterocycles. The van der Waals surface area contributed by atoms with E-state index in [-0.39, 0.29) is 11.8 Å². The summed E-state index contributed by atoms with van der Waals surface area (Å²) in [5.74, 6) is 0.934. The zero-order valence-corrected chi connectivity index (χ0v) is 12.3. The zero-order valence-electron chi connectivity index (χ0n) is 11.4. The lowest BCUT2D eigenvalue weighted by Gasteiger charge is -2.15. The molecule has 1 aromatic heterocycles. The van der Waals surface area contributed by atoms with Gasteiger partial charge in [0, 0.05) is 34.0 Å². The summed E-state index contributed by atoms with van der Waals surface area (Å²) in [4.78, 5) is 2.62. The Bertz CT molecular complexity index is 551. The van der Waals surface area contributed by atoms with Crippen molar-refractivity contribution in [1.82, 2.24) is 5.32 Å². The third-order valence-electron chi connectivity index (χ3n) is 3.08. The van der Waals surface area contributed by atoms with Crippen LogP contribution in [0.2, 0.25) is 0 Å². The molecule has 0 bridgehead atoms. The molecule has 0 aliphatic rings. The van der Waals surface area contributed by atoms with Gasteiger partial charge < -0.3 is 15.2 Å². The Kier molecular flexibility index (Phi) is 4.45. The summed E-state index contributed by atoms with van der Waals surface area (Å²) in [6.07, 6.45) is 0. The maximum atomic E-state index is 9.98. The highest BCUT2D eigenvalue weighted by molar-refractivity contribution is 7.11. The fourth-order valence-corrected chi connectivity index (χ4v) is 2.80. The molecular weight excluding hydrogens is 258 g/mol. The van der Waals surface area contributed by atoms with Crippen molar-refractivity contribution in [2.24, 2.45) is 0 Å². The average molecular weight is 277 g/mol. The molecule has 0 radical (unpaired) electrons. The molecule has 0 aliphatic heterocycles. The molecule has 0 saturated heterocycles. The number of methoxy groups -OCH3 is 1. The number of ether oxygens (including phenoxy) is 1. The molecule has 2 rings (SSSR count). The molecule has 0 amide bonds. The smallest absolute Gasteiger partial charge is 0.124 e. The third-order valence-corrected chi connectivity index (χ3v) is 4.08. The Morgan fingerprint density at radius 2 is 2.11 bits per heavy atom. The topological polar surface area (TPSA) is 41.5 Å². The zero-order chi connectivity index (χ0) is 13.8. The monoisotopic (exact) mass is 277 g/mol.